The van der Waals surface area contributed by atoms with Crippen LogP contribution in [0.15, 0.2) is 22.0 Å². The molecule has 7 nitrogen and oxygen atoms in total. The fraction of sp³-hybridized carbons (Fsp3) is 0.632. The summed E-state index contributed by atoms with van der Waals surface area (Å²) in [5.74, 6) is 2.08. The predicted molar refractivity (Wildman–Crippen MR) is 104 cm³/mol. The van der Waals surface area contributed by atoms with Crippen LogP contribution < -0.4 is 5.73 Å². The Balaban J connectivity index is 1.34. The second-order valence-electron chi connectivity index (χ2n) is 7.50. The van der Waals surface area contributed by atoms with Gasteiger partial charge < -0.3 is 15.2 Å². The summed E-state index contributed by atoms with van der Waals surface area (Å²) in [4.78, 5) is 22.8. The molecule has 4 rings (SSSR count). The largest absolute Gasteiger partial charge is 0.340 e. The molecular weight excluding hydrogens is 362 g/mol. The summed E-state index contributed by atoms with van der Waals surface area (Å²) < 4.78 is 5.50. The van der Waals surface area contributed by atoms with Gasteiger partial charge in [0, 0.05) is 32.1 Å². The van der Waals surface area contributed by atoms with E-state index in [1.165, 1.54) is 0 Å². The highest BCUT2D eigenvalue weighted by atomic mass is 32.1. The third-order valence-electron chi connectivity index (χ3n) is 5.99. The molecule has 2 aliphatic rings. The van der Waals surface area contributed by atoms with Crippen LogP contribution in [0.1, 0.15) is 38.1 Å². The zero-order valence-electron chi connectivity index (χ0n) is 15.7. The van der Waals surface area contributed by atoms with Gasteiger partial charge in [-0.05, 0) is 43.7 Å². The van der Waals surface area contributed by atoms with E-state index in [4.69, 9.17) is 10.3 Å². The molecule has 0 spiro atoms. The van der Waals surface area contributed by atoms with Crippen molar-refractivity contribution in [2.75, 3.05) is 32.7 Å². The Kier molecular flexibility index (Phi) is 5.56. The van der Waals surface area contributed by atoms with Gasteiger partial charge in [0.25, 0.3) is 0 Å². The van der Waals surface area contributed by atoms with Crippen LogP contribution in [0.2, 0.25) is 0 Å². The molecule has 1 unspecified atom stereocenters. The van der Waals surface area contributed by atoms with Gasteiger partial charge in [-0.15, -0.1) is 11.3 Å². The molecule has 0 aromatic carbocycles. The summed E-state index contributed by atoms with van der Waals surface area (Å²) in [5.41, 5.74) is 5.85. The molecule has 1 amide bonds. The lowest BCUT2D eigenvalue weighted by Gasteiger charge is -2.38. The van der Waals surface area contributed by atoms with Gasteiger partial charge in [0.05, 0.1) is 10.9 Å². The molecule has 2 fully saturated rings. The Morgan fingerprint density at radius 2 is 2.19 bits per heavy atom. The van der Waals surface area contributed by atoms with Crippen molar-refractivity contribution < 1.29 is 9.32 Å². The van der Waals surface area contributed by atoms with E-state index in [1.807, 2.05) is 22.4 Å². The average Bonchev–Trinajstić information content (AvgIpc) is 3.47. The van der Waals surface area contributed by atoms with Crippen molar-refractivity contribution in [2.24, 2.45) is 17.6 Å². The SMILES string of the molecule is CC(c1nc(-c2cccs2)no1)N1CCN(C(=O)[C@@H]2CCC[C@@H]2CN)CC1. The molecule has 2 aromatic rings. The summed E-state index contributed by atoms with van der Waals surface area (Å²) in [7, 11) is 0. The van der Waals surface area contributed by atoms with Gasteiger partial charge in [0.1, 0.15) is 0 Å². The van der Waals surface area contributed by atoms with Crippen LogP contribution >= 0.6 is 11.3 Å². The van der Waals surface area contributed by atoms with Crippen LogP contribution in [-0.2, 0) is 4.79 Å². The van der Waals surface area contributed by atoms with E-state index in [9.17, 15) is 4.79 Å². The summed E-state index contributed by atoms with van der Waals surface area (Å²) in [6.07, 6.45) is 3.21. The van der Waals surface area contributed by atoms with E-state index in [0.29, 0.717) is 30.1 Å². The van der Waals surface area contributed by atoms with Gasteiger partial charge in [-0.25, -0.2) is 0 Å². The first kappa shape index (κ1) is 18.6. The highest BCUT2D eigenvalue weighted by Gasteiger charge is 2.36. The lowest BCUT2D eigenvalue weighted by Crippen LogP contribution is -2.51. The van der Waals surface area contributed by atoms with Gasteiger partial charge in [-0.1, -0.05) is 17.6 Å². The predicted octanol–water partition coefficient (Wildman–Crippen LogP) is 2.38. The first-order valence-electron chi connectivity index (χ1n) is 9.77. The van der Waals surface area contributed by atoms with Crippen LogP contribution in [0.4, 0.5) is 0 Å². The smallest absolute Gasteiger partial charge is 0.244 e. The topological polar surface area (TPSA) is 88.5 Å². The molecule has 8 heteroatoms. The van der Waals surface area contributed by atoms with E-state index in [0.717, 1.165) is 50.3 Å². The highest BCUT2D eigenvalue weighted by Crippen LogP contribution is 2.33. The third kappa shape index (κ3) is 3.79. The molecule has 1 aliphatic carbocycles. The number of aromatic nitrogens is 2. The maximum Gasteiger partial charge on any atom is 0.244 e. The van der Waals surface area contributed by atoms with Crippen molar-refractivity contribution in [1.29, 1.82) is 0 Å². The summed E-state index contributed by atoms with van der Waals surface area (Å²) in [6.45, 7) is 5.86. The first-order valence-corrected chi connectivity index (χ1v) is 10.7. The van der Waals surface area contributed by atoms with Crippen LogP contribution in [0, 0.1) is 11.8 Å². The fourth-order valence-corrected chi connectivity index (χ4v) is 4.92. The van der Waals surface area contributed by atoms with Crippen molar-refractivity contribution in [3.05, 3.63) is 23.4 Å². The van der Waals surface area contributed by atoms with Crippen LogP contribution in [0.25, 0.3) is 10.7 Å². The summed E-state index contributed by atoms with van der Waals surface area (Å²) >= 11 is 1.60. The molecular formula is C19H27N5O2S. The summed E-state index contributed by atoms with van der Waals surface area (Å²) in [5, 5.41) is 6.11. The molecule has 2 N–H and O–H groups in total. The number of hydrogen-bond acceptors (Lipinski definition) is 7. The van der Waals surface area contributed by atoms with E-state index in [-0.39, 0.29) is 12.0 Å². The number of carbonyl (C=O) groups is 1. The summed E-state index contributed by atoms with van der Waals surface area (Å²) in [6, 6.07) is 4.02. The number of hydrogen-bond donors (Lipinski definition) is 1. The monoisotopic (exact) mass is 389 g/mol. The van der Waals surface area contributed by atoms with Crippen LogP contribution in [0.5, 0.6) is 0 Å². The average molecular weight is 390 g/mol. The van der Waals surface area contributed by atoms with E-state index in [1.54, 1.807) is 11.3 Å². The molecule has 0 radical (unpaired) electrons. The highest BCUT2D eigenvalue weighted by molar-refractivity contribution is 7.13. The normalized spacial score (nSPS) is 25.0. The number of carbonyl (C=O) groups excluding carboxylic acids is 1. The van der Waals surface area contributed by atoms with Gasteiger partial charge in [0.2, 0.25) is 17.6 Å². The number of nitrogens with two attached hydrogens (primary N) is 1. The van der Waals surface area contributed by atoms with Crippen molar-refractivity contribution in [2.45, 2.75) is 32.2 Å². The van der Waals surface area contributed by atoms with Crippen molar-refractivity contribution in [1.82, 2.24) is 19.9 Å². The van der Waals surface area contributed by atoms with E-state index < -0.39 is 0 Å². The van der Waals surface area contributed by atoms with Gasteiger partial charge in [-0.2, -0.15) is 4.98 Å². The Labute approximate surface area is 163 Å². The molecule has 1 saturated carbocycles. The van der Waals surface area contributed by atoms with Gasteiger partial charge in [0.15, 0.2) is 0 Å². The quantitative estimate of drug-likeness (QED) is 0.845. The number of amides is 1. The molecule has 0 bridgehead atoms. The standard InChI is InChI=1S/C19H27N5O2S/c1-13(18-21-17(22-26-18)16-6-3-11-27-16)23-7-9-24(10-8-23)19(25)15-5-2-4-14(15)12-20/h3,6,11,13-15H,2,4-5,7-10,12,20H2,1H3/t13?,14-,15-/m1/s1. The molecule has 146 valence electrons. The number of piperazine rings is 1. The minimum atomic E-state index is 0.0479. The van der Waals surface area contributed by atoms with Gasteiger partial charge >= 0.3 is 0 Å². The Bertz CT molecular complexity index is 754. The van der Waals surface area contributed by atoms with Gasteiger partial charge in [-0.3, -0.25) is 9.69 Å². The zero-order valence-corrected chi connectivity index (χ0v) is 16.5. The maximum absolute atomic E-state index is 12.9. The molecule has 3 atom stereocenters. The second-order valence-corrected chi connectivity index (χ2v) is 8.45. The Morgan fingerprint density at radius 1 is 1.37 bits per heavy atom. The first-order chi connectivity index (χ1) is 13.2. The maximum atomic E-state index is 12.9. The fourth-order valence-electron chi connectivity index (χ4n) is 4.28. The lowest BCUT2D eigenvalue weighted by atomic mass is 9.94. The molecule has 1 saturated heterocycles. The molecule has 2 aromatic heterocycles. The van der Waals surface area contributed by atoms with Crippen molar-refractivity contribution >= 4 is 17.2 Å². The number of rotatable bonds is 5. The Hall–Kier alpha value is -1.77. The van der Waals surface area contributed by atoms with E-state index >= 15 is 0 Å². The van der Waals surface area contributed by atoms with Crippen LogP contribution in [-0.4, -0.2) is 58.6 Å². The lowest BCUT2D eigenvalue weighted by molar-refractivity contribution is -0.138. The van der Waals surface area contributed by atoms with Crippen molar-refractivity contribution in [3.8, 4) is 10.7 Å². The second kappa shape index (κ2) is 8.08. The molecule has 3 heterocycles. The van der Waals surface area contributed by atoms with Crippen LogP contribution in [0.3, 0.4) is 0 Å². The van der Waals surface area contributed by atoms with E-state index in [2.05, 4.69) is 22.0 Å². The minimum absolute atomic E-state index is 0.0479. The third-order valence-corrected chi connectivity index (χ3v) is 6.86. The molecule has 1 aliphatic heterocycles. The minimum Gasteiger partial charge on any atom is -0.340 e. The van der Waals surface area contributed by atoms with Crippen molar-refractivity contribution in [3.63, 3.8) is 0 Å². The Morgan fingerprint density at radius 3 is 2.89 bits per heavy atom. The molecule has 27 heavy (non-hydrogen) atoms. The number of nitrogens with zero attached hydrogens (tertiary/aromatic N) is 4. The number of thiophene rings is 1. The zero-order chi connectivity index (χ0) is 18.8.